The average molecular weight is 491 g/mol. The van der Waals surface area contributed by atoms with Crippen LogP contribution in [0.3, 0.4) is 0 Å². The Morgan fingerprint density at radius 3 is 1.69 bits per heavy atom. The highest BCUT2D eigenvalue weighted by Crippen LogP contribution is 2.38. The molecule has 1 amide bonds. The van der Waals surface area contributed by atoms with Crippen molar-refractivity contribution in [2.45, 2.75) is 0 Å². The van der Waals surface area contributed by atoms with Gasteiger partial charge in [-0.05, 0) is 59.2 Å². The van der Waals surface area contributed by atoms with Crippen LogP contribution < -0.4 is 34.7 Å². The molecule has 0 spiro atoms. The second-order valence-corrected chi connectivity index (χ2v) is 7.58. The number of anilines is 2. The number of nitrogens with one attached hydrogen (secondary N) is 1. The van der Waals surface area contributed by atoms with E-state index in [0.717, 1.165) is 11.1 Å². The van der Waals surface area contributed by atoms with Gasteiger partial charge in [-0.15, -0.1) is 0 Å². The minimum Gasteiger partial charge on any atom is -0.493 e. The molecule has 8 heteroatoms. The monoisotopic (exact) mass is 490 g/mol. The van der Waals surface area contributed by atoms with Crippen LogP contribution in [0.25, 0.3) is 18.2 Å². The molecule has 3 rings (SSSR count). The average Bonchev–Trinajstić information content (AvgIpc) is 2.90. The molecule has 0 atom stereocenters. The van der Waals surface area contributed by atoms with Gasteiger partial charge in [0.2, 0.25) is 11.7 Å². The summed E-state index contributed by atoms with van der Waals surface area (Å²) in [4.78, 5) is 12.4. The molecule has 3 N–H and O–H groups in total. The van der Waals surface area contributed by atoms with E-state index in [0.29, 0.717) is 45.7 Å². The molecule has 188 valence electrons. The number of benzene rings is 3. The van der Waals surface area contributed by atoms with E-state index in [4.69, 9.17) is 29.4 Å². The van der Waals surface area contributed by atoms with Gasteiger partial charge in [0.25, 0.3) is 0 Å². The Balaban J connectivity index is 1.66. The summed E-state index contributed by atoms with van der Waals surface area (Å²) in [7, 11) is 7.78. The van der Waals surface area contributed by atoms with Crippen molar-refractivity contribution < 1.29 is 28.5 Å². The Bertz CT molecular complexity index is 1240. The van der Waals surface area contributed by atoms with E-state index in [2.05, 4.69) is 5.32 Å². The molecule has 0 aliphatic rings. The molecule has 0 aromatic heterocycles. The number of amides is 1. The summed E-state index contributed by atoms with van der Waals surface area (Å²) in [6, 6.07) is 14.7. The van der Waals surface area contributed by atoms with E-state index in [1.165, 1.54) is 20.3 Å². The molecule has 0 bridgehead atoms. The smallest absolute Gasteiger partial charge is 0.248 e. The summed E-state index contributed by atoms with van der Waals surface area (Å²) >= 11 is 0. The lowest BCUT2D eigenvalue weighted by Gasteiger charge is -2.12. The summed E-state index contributed by atoms with van der Waals surface area (Å²) in [6.07, 6.45) is 6.98. The van der Waals surface area contributed by atoms with Gasteiger partial charge in [-0.3, -0.25) is 4.79 Å². The predicted molar refractivity (Wildman–Crippen MR) is 143 cm³/mol. The second-order valence-electron chi connectivity index (χ2n) is 7.58. The molecule has 0 heterocycles. The quantitative estimate of drug-likeness (QED) is 0.231. The van der Waals surface area contributed by atoms with Crippen LogP contribution in [-0.2, 0) is 4.79 Å². The van der Waals surface area contributed by atoms with Crippen molar-refractivity contribution in [3.8, 4) is 28.7 Å². The lowest BCUT2D eigenvalue weighted by atomic mass is 10.1. The van der Waals surface area contributed by atoms with Crippen molar-refractivity contribution >= 4 is 35.5 Å². The molecule has 0 aliphatic heterocycles. The van der Waals surface area contributed by atoms with Gasteiger partial charge in [-0.25, -0.2) is 0 Å². The van der Waals surface area contributed by atoms with Gasteiger partial charge in [-0.1, -0.05) is 24.3 Å². The van der Waals surface area contributed by atoms with Crippen LogP contribution in [0.1, 0.15) is 16.7 Å². The SMILES string of the molecule is COc1cc(/C=C/C(=O)Nc2ccc(/C=C/c3cc(OC)c(OC)c(OC)c3)cc2)cc(N)c1OC. The second kappa shape index (κ2) is 12.2. The largest absolute Gasteiger partial charge is 0.493 e. The summed E-state index contributed by atoms with van der Waals surface area (Å²) in [5.41, 5.74) is 9.65. The van der Waals surface area contributed by atoms with E-state index in [1.54, 1.807) is 39.5 Å². The Morgan fingerprint density at radius 1 is 0.667 bits per heavy atom. The molecular weight excluding hydrogens is 460 g/mol. The van der Waals surface area contributed by atoms with Gasteiger partial charge < -0.3 is 34.7 Å². The number of carbonyl (C=O) groups is 1. The van der Waals surface area contributed by atoms with Crippen molar-refractivity contribution in [1.82, 2.24) is 0 Å². The first-order chi connectivity index (χ1) is 17.4. The molecule has 0 saturated carbocycles. The summed E-state index contributed by atoms with van der Waals surface area (Å²) in [5.74, 6) is 2.38. The van der Waals surface area contributed by atoms with Crippen LogP contribution >= 0.6 is 0 Å². The Hall–Kier alpha value is -4.59. The highest BCUT2D eigenvalue weighted by atomic mass is 16.5. The Kier molecular flexibility index (Phi) is 8.83. The van der Waals surface area contributed by atoms with Gasteiger partial charge in [0.1, 0.15) is 0 Å². The maximum atomic E-state index is 12.4. The predicted octanol–water partition coefficient (Wildman–Crippen LogP) is 5.13. The Labute approximate surface area is 210 Å². The molecule has 3 aromatic rings. The van der Waals surface area contributed by atoms with Crippen molar-refractivity contribution in [3.05, 3.63) is 71.3 Å². The molecule has 8 nitrogen and oxygen atoms in total. The normalized spacial score (nSPS) is 10.9. The van der Waals surface area contributed by atoms with E-state index in [1.807, 2.05) is 48.6 Å². The maximum Gasteiger partial charge on any atom is 0.248 e. The zero-order valence-corrected chi connectivity index (χ0v) is 21.0. The van der Waals surface area contributed by atoms with Crippen molar-refractivity contribution in [3.63, 3.8) is 0 Å². The van der Waals surface area contributed by atoms with Gasteiger partial charge in [0, 0.05) is 11.8 Å². The van der Waals surface area contributed by atoms with Crippen LogP contribution in [0.2, 0.25) is 0 Å². The van der Waals surface area contributed by atoms with E-state index in [-0.39, 0.29) is 5.91 Å². The summed E-state index contributed by atoms with van der Waals surface area (Å²) in [6.45, 7) is 0. The topological polar surface area (TPSA) is 101 Å². The summed E-state index contributed by atoms with van der Waals surface area (Å²) < 4.78 is 26.7. The number of carbonyl (C=O) groups excluding carboxylic acids is 1. The van der Waals surface area contributed by atoms with Crippen LogP contribution in [0.15, 0.2) is 54.6 Å². The van der Waals surface area contributed by atoms with Crippen molar-refractivity contribution in [2.75, 3.05) is 46.6 Å². The third kappa shape index (κ3) is 6.29. The van der Waals surface area contributed by atoms with E-state index < -0.39 is 0 Å². The van der Waals surface area contributed by atoms with Crippen LogP contribution in [0.5, 0.6) is 28.7 Å². The fourth-order valence-corrected chi connectivity index (χ4v) is 3.54. The Morgan fingerprint density at radius 2 is 1.17 bits per heavy atom. The minimum absolute atomic E-state index is 0.274. The molecule has 0 saturated heterocycles. The molecule has 0 fully saturated rings. The van der Waals surface area contributed by atoms with Gasteiger partial charge >= 0.3 is 0 Å². The zero-order chi connectivity index (χ0) is 26.1. The molecule has 0 radical (unpaired) electrons. The number of rotatable bonds is 10. The fourth-order valence-electron chi connectivity index (χ4n) is 3.54. The lowest BCUT2D eigenvalue weighted by molar-refractivity contribution is -0.111. The first kappa shape index (κ1) is 26.0. The lowest BCUT2D eigenvalue weighted by Crippen LogP contribution is -2.07. The van der Waals surface area contributed by atoms with Crippen LogP contribution in [0.4, 0.5) is 11.4 Å². The number of nitrogen functional groups attached to an aromatic ring is 1. The molecule has 3 aromatic carbocycles. The minimum atomic E-state index is -0.274. The zero-order valence-electron chi connectivity index (χ0n) is 21.0. The molecule has 0 aliphatic carbocycles. The molecular formula is C28H30N2O6. The van der Waals surface area contributed by atoms with E-state index in [9.17, 15) is 4.79 Å². The van der Waals surface area contributed by atoms with Crippen LogP contribution in [0, 0.1) is 0 Å². The number of hydrogen-bond donors (Lipinski definition) is 2. The first-order valence-corrected chi connectivity index (χ1v) is 11.0. The fraction of sp³-hybridized carbons (Fsp3) is 0.179. The molecule has 36 heavy (non-hydrogen) atoms. The number of methoxy groups -OCH3 is 5. The van der Waals surface area contributed by atoms with Crippen molar-refractivity contribution in [1.29, 1.82) is 0 Å². The third-order valence-electron chi connectivity index (χ3n) is 5.29. The van der Waals surface area contributed by atoms with Crippen LogP contribution in [-0.4, -0.2) is 41.5 Å². The van der Waals surface area contributed by atoms with Crippen molar-refractivity contribution in [2.24, 2.45) is 0 Å². The highest BCUT2D eigenvalue weighted by Gasteiger charge is 2.12. The van der Waals surface area contributed by atoms with Gasteiger partial charge in [0.05, 0.1) is 41.2 Å². The first-order valence-electron chi connectivity index (χ1n) is 11.0. The number of nitrogens with two attached hydrogens (primary N) is 1. The third-order valence-corrected chi connectivity index (χ3v) is 5.29. The van der Waals surface area contributed by atoms with E-state index >= 15 is 0 Å². The highest BCUT2D eigenvalue weighted by molar-refractivity contribution is 6.02. The molecule has 0 unspecified atom stereocenters. The number of hydrogen-bond acceptors (Lipinski definition) is 7. The number of ether oxygens (including phenoxy) is 5. The van der Waals surface area contributed by atoms with Gasteiger partial charge in [-0.2, -0.15) is 0 Å². The van der Waals surface area contributed by atoms with Gasteiger partial charge in [0.15, 0.2) is 23.0 Å². The summed E-state index contributed by atoms with van der Waals surface area (Å²) in [5, 5.41) is 2.84. The standard InChI is InChI=1S/C28H30N2O6/c1-32-23-15-19(14-22(29)27(23)35-4)10-13-26(31)30-21-11-8-18(9-12-21)6-7-20-16-24(33-2)28(36-5)25(17-20)34-3/h6-17H,29H2,1-5H3,(H,30,31)/b7-6+,13-10+. The maximum absolute atomic E-state index is 12.4.